The number of hydrogen-bond acceptors (Lipinski definition) is 4. The van der Waals surface area contributed by atoms with E-state index in [0.717, 1.165) is 11.3 Å². The Morgan fingerprint density at radius 1 is 1.14 bits per heavy atom. The van der Waals surface area contributed by atoms with E-state index in [1.54, 1.807) is 37.3 Å². The normalized spacial score (nSPS) is 11.4. The maximum Gasteiger partial charge on any atom is 0.261 e. The van der Waals surface area contributed by atoms with Crippen LogP contribution in [0.4, 0.5) is 5.69 Å². The maximum atomic E-state index is 12.4. The van der Waals surface area contributed by atoms with Crippen LogP contribution < -0.4 is 10.0 Å². The standard InChI is InChI=1S/C15H19N3O2S/c1-11-7-8-15(12(2)17-11)18-21(19,20)14-6-4-5-13(9-14)10-16-3/h4-9,16,18H,10H2,1-3H3. The number of hydrogen-bond donors (Lipinski definition) is 2. The molecule has 2 N–H and O–H groups in total. The van der Waals surface area contributed by atoms with Gasteiger partial charge in [-0.05, 0) is 50.7 Å². The van der Waals surface area contributed by atoms with Crippen molar-refractivity contribution in [2.75, 3.05) is 11.8 Å². The summed E-state index contributed by atoms with van der Waals surface area (Å²) in [5, 5.41) is 3.00. The Morgan fingerprint density at radius 3 is 2.57 bits per heavy atom. The van der Waals surface area contributed by atoms with Crippen LogP contribution in [0.1, 0.15) is 17.0 Å². The summed E-state index contributed by atoms with van der Waals surface area (Å²) in [5.74, 6) is 0. The first-order valence-electron chi connectivity index (χ1n) is 6.63. The molecule has 0 unspecified atom stereocenters. The summed E-state index contributed by atoms with van der Waals surface area (Å²) in [4.78, 5) is 4.51. The Morgan fingerprint density at radius 2 is 1.90 bits per heavy atom. The van der Waals surface area contributed by atoms with Gasteiger partial charge in [0.25, 0.3) is 10.0 Å². The van der Waals surface area contributed by atoms with Crippen molar-refractivity contribution in [3.05, 3.63) is 53.3 Å². The molecule has 0 saturated carbocycles. The molecule has 0 bridgehead atoms. The lowest BCUT2D eigenvalue weighted by molar-refractivity contribution is 0.601. The minimum Gasteiger partial charge on any atom is -0.316 e. The van der Waals surface area contributed by atoms with Crippen molar-refractivity contribution in [3.63, 3.8) is 0 Å². The van der Waals surface area contributed by atoms with Gasteiger partial charge in [0.05, 0.1) is 16.3 Å². The number of sulfonamides is 1. The van der Waals surface area contributed by atoms with Crippen LogP contribution in [0.5, 0.6) is 0 Å². The van der Waals surface area contributed by atoms with Crippen molar-refractivity contribution in [3.8, 4) is 0 Å². The third-order valence-corrected chi connectivity index (χ3v) is 4.42. The fourth-order valence-corrected chi connectivity index (χ4v) is 3.21. The van der Waals surface area contributed by atoms with Gasteiger partial charge in [0.1, 0.15) is 0 Å². The van der Waals surface area contributed by atoms with Crippen LogP contribution >= 0.6 is 0 Å². The highest BCUT2D eigenvalue weighted by Gasteiger charge is 2.16. The Hall–Kier alpha value is -1.92. The van der Waals surface area contributed by atoms with Gasteiger partial charge in [-0.1, -0.05) is 12.1 Å². The molecule has 0 saturated heterocycles. The van der Waals surface area contributed by atoms with Gasteiger partial charge in [0.15, 0.2) is 0 Å². The minimum atomic E-state index is -3.61. The number of pyridine rings is 1. The van der Waals surface area contributed by atoms with Crippen LogP contribution in [0.15, 0.2) is 41.3 Å². The third-order valence-electron chi connectivity index (χ3n) is 3.06. The SMILES string of the molecule is CNCc1cccc(S(=O)(=O)Nc2ccc(C)nc2C)c1. The molecule has 0 fully saturated rings. The van der Waals surface area contributed by atoms with Gasteiger partial charge in [0.2, 0.25) is 0 Å². The molecule has 1 aromatic carbocycles. The van der Waals surface area contributed by atoms with Gasteiger partial charge in [-0.2, -0.15) is 0 Å². The topological polar surface area (TPSA) is 71.1 Å². The van der Waals surface area contributed by atoms with Gasteiger partial charge < -0.3 is 5.32 Å². The van der Waals surface area contributed by atoms with Gasteiger partial charge >= 0.3 is 0 Å². The summed E-state index contributed by atoms with van der Waals surface area (Å²) >= 11 is 0. The molecular formula is C15H19N3O2S. The van der Waals surface area contributed by atoms with E-state index in [0.29, 0.717) is 17.9 Å². The zero-order chi connectivity index (χ0) is 15.5. The maximum absolute atomic E-state index is 12.4. The highest BCUT2D eigenvalue weighted by atomic mass is 32.2. The molecular weight excluding hydrogens is 286 g/mol. The van der Waals surface area contributed by atoms with Crippen molar-refractivity contribution in [1.29, 1.82) is 0 Å². The highest BCUT2D eigenvalue weighted by Crippen LogP contribution is 2.19. The van der Waals surface area contributed by atoms with Crippen LogP contribution in [0, 0.1) is 13.8 Å². The molecule has 0 spiro atoms. The Kier molecular flexibility index (Phi) is 4.59. The molecule has 5 nitrogen and oxygen atoms in total. The van der Waals surface area contributed by atoms with Crippen LogP contribution in [0.25, 0.3) is 0 Å². The van der Waals surface area contributed by atoms with Crippen molar-refractivity contribution < 1.29 is 8.42 Å². The second-order valence-electron chi connectivity index (χ2n) is 4.87. The van der Waals surface area contributed by atoms with E-state index in [2.05, 4.69) is 15.0 Å². The number of anilines is 1. The smallest absolute Gasteiger partial charge is 0.261 e. The first kappa shape index (κ1) is 15.5. The molecule has 0 aliphatic carbocycles. The lowest BCUT2D eigenvalue weighted by Gasteiger charge is -2.11. The molecule has 0 aliphatic rings. The molecule has 2 aromatic rings. The molecule has 112 valence electrons. The van der Waals surface area contributed by atoms with Crippen LogP contribution in [0.2, 0.25) is 0 Å². The monoisotopic (exact) mass is 305 g/mol. The molecule has 0 atom stereocenters. The minimum absolute atomic E-state index is 0.246. The quantitative estimate of drug-likeness (QED) is 0.888. The summed E-state index contributed by atoms with van der Waals surface area (Å²) in [7, 11) is -1.79. The highest BCUT2D eigenvalue weighted by molar-refractivity contribution is 7.92. The number of nitrogens with zero attached hydrogens (tertiary/aromatic N) is 1. The first-order chi connectivity index (χ1) is 9.92. The summed E-state index contributed by atoms with van der Waals surface area (Å²) in [5.41, 5.74) is 2.93. The van der Waals surface area contributed by atoms with E-state index >= 15 is 0 Å². The van der Waals surface area contributed by atoms with E-state index in [1.807, 2.05) is 20.0 Å². The van der Waals surface area contributed by atoms with Gasteiger partial charge in [-0.15, -0.1) is 0 Å². The number of benzene rings is 1. The molecule has 2 rings (SSSR count). The van der Waals surface area contributed by atoms with Gasteiger partial charge in [-0.3, -0.25) is 9.71 Å². The number of rotatable bonds is 5. The number of aryl methyl sites for hydroxylation is 2. The van der Waals surface area contributed by atoms with E-state index in [4.69, 9.17) is 0 Å². The Labute approximate surface area is 125 Å². The molecule has 0 radical (unpaired) electrons. The van der Waals surface area contributed by atoms with Gasteiger partial charge in [0, 0.05) is 12.2 Å². The third kappa shape index (κ3) is 3.80. The lowest BCUT2D eigenvalue weighted by Crippen LogP contribution is -2.15. The first-order valence-corrected chi connectivity index (χ1v) is 8.11. The van der Waals surface area contributed by atoms with Crippen LogP contribution in [-0.4, -0.2) is 20.4 Å². The lowest BCUT2D eigenvalue weighted by atomic mass is 10.2. The van der Waals surface area contributed by atoms with E-state index in [9.17, 15) is 8.42 Å². The summed E-state index contributed by atoms with van der Waals surface area (Å²) < 4.78 is 27.5. The summed E-state index contributed by atoms with van der Waals surface area (Å²) in [6.45, 7) is 4.27. The fourth-order valence-electron chi connectivity index (χ4n) is 2.02. The summed E-state index contributed by atoms with van der Waals surface area (Å²) in [6.07, 6.45) is 0. The van der Waals surface area contributed by atoms with Crippen molar-refractivity contribution >= 4 is 15.7 Å². The predicted molar refractivity (Wildman–Crippen MR) is 83.7 cm³/mol. The van der Waals surface area contributed by atoms with Gasteiger partial charge in [-0.25, -0.2) is 8.42 Å². The molecule has 6 heteroatoms. The average Bonchev–Trinajstić information content (AvgIpc) is 2.43. The molecule has 1 heterocycles. The van der Waals surface area contributed by atoms with Crippen molar-refractivity contribution in [2.45, 2.75) is 25.3 Å². The molecule has 0 amide bonds. The fraction of sp³-hybridized carbons (Fsp3) is 0.267. The second kappa shape index (κ2) is 6.24. The number of aromatic nitrogens is 1. The molecule has 1 aromatic heterocycles. The number of nitrogens with one attached hydrogen (secondary N) is 2. The van der Waals surface area contributed by atoms with Crippen molar-refractivity contribution in [2.24, 2.45) is 0 Å². The van der Waals surface area contributed by atoms with Crippen molar-refractivity contribution in [1.82, 2.24) is 10.3 Å². The molecule has 0 aliphatic heterocycles. The van der Waals surface area contributed by atoms with Crippen LogP contribution in [0.3, 0.4) is 0 Å². The second-order valence-corrected chi connectivity index (χ2v) is 6.55. The Balaban J connectivity index is 2.31. The Bertz CT molecular complexity index is 742. The molecule has 21 heavy (non-hydrogen) atoms. The zero-order valence-electron chi connectivity index (χ0n) is 12.3. The van der Waals surface area contributed by atoms with E-state index in [-0.39, 0.29) is 4.90 Å². The van der Waals surface area contributed by atoms with Crippen LogP contribution in [-0.2, 0) is 16.6 Å². The average molecular weight is 305 g/mol. The predicted octanol–water partition coefficient (Wildman–Crippen LogP) is 2.22. The summed E-state index contributed by atoms with van der Waals surface area (Å²) in [6, 6.07) is 10.4. The van der Waals surface area contributed by atoms with E-state index < -0.39 is 10.0 Å². The largest absolute Gasteiger partial charge is 0.316 e. The van der Waals surface area contributed by atoms with E-state index in [1.165, 1.54) is 0 Å². The zero-order valence-corrected chi connectivity index (χ0v) is 13.2.